The zero-order chi connectivity index (χ0) is 13.1. The molecule has 1 aliphatic carbocycles. The van der Waals surface area contributed by atoms with Crippen LogP contribution in [0.2, 0.25) is 5.02 Å². The normalized spacial score (nSPS) is 23.0. The van der Waals surface area contributed by atoms with Crippen LogP contribution in [-0.4, -0.2) is 28.6 Å². The zero-order valence-corrected chi connectivity index (χ0v) is 11.7. The highest BCUT2D eigenvalue weighted by Crippen LogP contribution is 2.29. The average Bonchev–Trinajstić information content (AvgIpc) is 2.80. The zero-order valence-electron chi connectivity index (χ0n) is 10.1. The molecule has 3 nitrogen and oxygen atoms in total. The summed E-state index contributed by atoms with van der Waals surface area (Å²) in [6, 6.07) is 4.62. The molecule has 0 aromatic heterocycles. The molecule has 1 aromatic carbocycles. The van der Waals surface area contributed by atoms with E-state index in [0.29, 0.717) is 15.8 Å². The lowest BCUT2D eigenvalue weighted by molar-refractivity contribution is 0.0937. The van der Waals surface area contributed by atoms with Crippen molar-refractivity contribution in [2.24, 2.45) is 0 Å². The third-order valence-electron chi connectivity index (χ3n) is 3.25. The van der Waals surface area contributed by atoms with Crippen LogP contribution < -0.4 is 5.32 Å². The lowest BCUT2D eigenvalue weighted by Crippen LogP contribution is -2.33. The third-order valence-corrected chi connectivity index (χ3v) is 4.67. The second-order valence-corrected chi connectivity index (χ2v) is 6.05. The molecule has 2 atom stereocenters. The summed E-state index contributed by atoms with van der Waals surface area (Å²) in [5, 5.41) is 13.4. The van der Waals surface area contributed by atoms with Gasteiger partial charge in [-0.3, -0.25) is 4.79 Å². The molecular formula is C13H16ClNO2S. The largest absolute Gasteiger partial charge is 0.508 e. The van der Waals surface area contributed by atoms with Gasteiger partial charge in [-0.1, -0.05) is 11.6 Å². The topological polar surface area (TPSA) is 49.3 Å². The number of carbonyl (C=O) groups excluding carboxylic acids is 1. The number of rotatable bonds is 3. The summed E-state index contributed by atoms with van der Waals surface area (Å²) in [7, 11) is 0. The van der Waals surface area contributed by atoms with E-state index in [4.69, 9.17) is 11.6 Å². The van der Waals surface area contributed by atoms with Gasteiger partial charge < -0.3 is 10.4 Å². The van der Waals surface area contributed by atoms with Gasteiger partial charge in [0.1, 0.15) is 5.75 Å². The summed E-state index contributed by atoms with van der Waals surface area (Å²) >= 11 is 7.80. The number of benzene rings is 1. The van der Waals surface area contributed by atoms with Crippen LogP contribution in [0.4, 0.5) is 0 Å². The molecule has 5 heteroatoms. The van der Waals surface area contributed by atoms with Crippen molar-refractivity contribution in [3.8, 4) is 5.75 Å². The standard InChI is InChI=1S/C13H16ClNO2S/c1-18-10-4-2-8(6-10)15-13(17)11-7-9(16)3-5-12(11)14/h3,5,7-8,10,16H,2,4,6H2,1H3,(H,15,17). The van der Waals surface area contributed by atoms with Gasteiger partial charge in [-0.05, 0) is 43.7 Å². The van der Waals surface area contributed by atoms with Crippen molar-refractivity contribution in [3.05, 3.63) is 28.8 Å². The Morgan fingerprint density at radius 1 is 1.50 bits per heavy atom. The molecule has 0 saturated heterocycles. The van der Waals surface area contributed by atoms with E-state index in [0.717, 1.165) is 19.3 Å². The summed E-state index contributed by atoms with van der Waals surface area (Å²) < 4.78 is 0. The fourth-order valence-electron chi connectivity index (χ4n) is 2.24. The van der Waals surface area contributed by atoms with Gasteiger partial charge in [0, 0.05) is 11.3 Å². The van der Waals surface area contributed by atoms with Crippen molar-refractivity contribution in [2.75, 3.05) is 6.26 Å². The van der Waals surface area contributed by atoms with Crippen molar-refractivity contribution in [1.29, 1.82) is 0 Å². The smallest absolute Gasteiger partial charge is 0.253 e. The number of carbonyl (C=O) groups is 1. The molecule has 2 N–H and O–H groups in total. The molecule has 1 aromatic rings. The van der Waals surface area contributed by atoms with E-state index >= 15 is 0 Å². The molecular weight excluding hydrogens is 270 g/mol. The predicted molar refractivity (Wildman–Crippen MR) is 75.5 cm³/mol. The molecule has 0 bridgehead atoms. The SMILES string of the molecule is CSC1CCC(NC(=O)c2cc(O)ccc2Cl)C1. The predicted octanol–water partition coefficient (Wildman–Crippen LogP) is 3.06. The molecule has 2 unspecified atom stereocenters. The lowest BCUT2D eigenvalue weighted by Gasteiger charge is -2.13. The van der Waals surface area contributed by atoms with Gasteiger partial charge >= 0.3 is 0 Å². The molecule has 98 valence electrons. The fraction of sp³-hybridized carbons (Fsp3) is 0.462. The second-order valence-electron chi connectivity index (χ2n) is 4.51. The van der Waals surface area contributed by atoms with E-state index < -0.39 is 0 Å². The van der Waals surface area contributed by atoms with Crippen LogP contribution in [0.15, 0.2) is 18.2 Å². The summed E-state index contributed by atoms with van der Waals surface area (Å²) in [5.74, 6) is -0.152. The Morgan fingerprint density at radius 2 is 2.28 bits per heavy atom. The van der Waals surface area contributed by atoms with Crippen LogP contribution in [-0.2, 0) is 0 Å². The van der Waals surface area contributed by atoms with Crippen LogP contribution in [0, 0.1) is 0 Å². The van der Waals surface area contributed by atoms with E-state index in [1.807, 2.05) is 11.8 Å². The highest BCUT2D eigenvalue weighted by Gasteiger charge is 2.26. The number of thioether (sulfide) groups is 1. The van der Waals surface area contributed by atoms with Crippen molar-refractivity contribution in [3.63, 3.8) is 0 Å². The van der Waals surface area contributed by atoms with Crippen molar-refractivity contribution >= 4 is 29.3 Å². The Kier molecular flexibility index (Phi) is 4.40. The fourth-order valence-corrected chi connectivity index (χ4v) is 3.24. The number of halogens is 1. The Balaban J connectivity index is 2.02. The molecule has 1 fully saturated rings. The average molecular weight is 286 g/mol. The van der Waals surface area contributed by atoms with Gasteiger partial charge in [0.25, 0.3) is 5.91 Å². The van der Waals surface area contributed by atoms with Crippen LogP contribution in [0.25, 0.3) is 0 Å². The van der Waals surface area contributed by atoms with Crippen molar-refractivity contribution in [1.82, 2.24) is 5.32 Å². The van der Waals surface area contributed by atoms with Gasteiger partial charge in [-0.25, -0.2) is 0 Å². The number of aromatic hydroxyl groups is 1. The maximum Gasteiger partial charge on any atom is 0.253 e. The highest BCUT2D eigenvalue weighted by molar-refractivity contribution is 7.99. The molecule has 1 amide bonds. The summed E-state index contributed by atoms with van der Waals surface area (Å²) in [4.78, 5) is 12.1. The first-order valence-corrected chi connectivity index (χ1v) is 7.59. The van der Waals surface area contributed by atoms with Crippen molar-refractivity contribution < 1.29 is 9.90 Å². The Bertz CT molecular complexity index is 453. The van der Waals surface area contributed by atoms with E-state index in [2.05, 4.69) is 11.6 Å². The van der Waals surface area contributed by atoms with Gasteiger partial charge in [0.15, 0.2) is 0 Å². The number of phenolic OH excluding ortho intramolecular Hbond substituents is 1. The maximum absolute atomic E-state index is 12.1. The Hall–Kier alpha value is -0.870. The van der Waals surface area contributed by atoms with E-state index in [1.54, 1.807) is 0 Å². The molecule has 1 saturated carbocycles. The third kappa shape index (κ3) is 3.12. The first-order valence-electron chi connectivity index (χ1n) is 5.92. The number of hydrogen-bond donors (Lipinski definition) is 2. The number of amides is 1. The van der Waals surface area contributed by atoms with Gasteiger partial charge in [0.2, 0.25) is 0 Å². The van der Waals surface area contributed by atoms with Crippen molar-refractivity contribution in [2.45, 2.75) is 30.6 Å². The van der Waals surface area contributed by atoms with E-state index in [9.17, 15) is 9.90 Å². The quantitative estimate of drug-likeness (QED) is 0.897. The molecule has 1 aliphatic rings. The summed E-state index contributed by atoms with van der Waals surface area (Å²) in [6.45, 7) is 0. The summed E-state index contributed by atoms with van der Waals surface area (Å²) in [6.07, 6.45) is 5.25. The number of phenols is 1. The van der Waals surface area contributed by atoms with Gasteiger partial charge in [-0.2, -0.15) is 11.8 Å². The van der Waals surface area contributed by atoms with Crippen LogP contribution in [0.5, 0.6) is 5.75 Å². The molecule has 0 heterocycles. The van der Waals surface area contributed by atoms with E-state index in [1.165, 1.54) is 18.2 Å². The molecule has 0 aliphatic heterocycles. The van der Waals surface area contributed by atoms with Crippen LogP contribution in [0.3, 0.4) is 0 Å². The lowest BCUT2D eigenvalue weighted by atomic mass is 10.1. The molecule has 0 spiro atoms. The minimum Gasteiger partial charge on any atom is -0.508 e. The highest BCUT2D eigenvalue weighted by atomic mass is 35.5. The van der Waals surface area contributed by atoms with Crippen LogP contribution >= 0.6 is 23.4 Å². The number of nitrogens with one attached hydrogen (secondary N) is 1. The van der Waals surface area contributed by atoms with E-state index in [-0.39, 0.29) is 17.7 Å². The first kappa shape index (κ1) is 13.6. The van der Waals surface area contributed by atoms with Crippen LogP contribution in [0.1, 0.15) is 29.6 Å². The maximum atomic E-state index is 12.1. The Labute approximate surface area is 116 Å². The first-order chi connectivity index (χ1) is 8.60. The molecule has 18 heavy (non-hydrogen) atoms. The minimum atomic E-state index is -0.206. The molecule has 0 radical (unpaired) electrons. The Morgan fingerprint density at radius 3 is 2.94 bits per heavy atom. The minimum absolute atomic E-state index is 0.0537. The molecule has 2 rings (SSSR count). The van der Waals surface area contributed by atoms with Gasteiger partial charge in [0.05, 0.1) is 10.6 Å². The second kappa shape index (κ2) is 5.85. The number of hydrogen-bond acceptors (Lipinski definition) is 3. The monoisotopic (exact) mass is 285 g/mol. The summed E-state index contributed by atoms with van der Waals surface area (Å²) in [5.41, 5.74) is 0.337. The van der Waals surface area contributed by atoms with Gasteiger partial charge in [-0.15, -0.1) is 0 Å².